The summed E-state index contributed by atoms with van der Waals surface area (Å²) in [6.07, 6.45) is 0. The summed E-state index contributed by atoms with van der Waals surface area (Å²) in [6.45, 7) is 3.91. The number of anilines is 1. The van der Waals surface area contributed by atoms with Crippen LogP contribution >= 0.6 is 11.5 Å². The fraction of sp³-hybridized carbons (Fsp3) is 0.429. The van der Waals surface area contributed by atoms with E-state index in [0.717, 1.165) is 11.5 Å². The maximum absolute atomic E-state index is 11.6. The molecule has 8 nitrogen and oxygen atoms in total. The molecule has 0 unspecified atom stereocenters. The lowest BCUT2D eigenvalue weighted by molar-refractivity contribution is 0.101. The number of carbonyl (C=O) groups is 1. The van der Waals surface area contributed by atoms with Gasteiger partial charge in [0.1, 0.15) is 5.82 Å². The molecular formula is C7H9N7OS. The van der Waals surface area contributed by atoms with E-state index in [2.05, 4.69) is 35.3 Å². The third kappa shape index (κ3) is 2.19. The fourth-order valence-corrected chi connectivity index (χ4v) is 1.33. The molecule has 1 amide bonds. The Hall–Kier alpha value is -1.90. The average Bonchev–Trinajstić information content (AvgIpc) is 2.86. The summed E-state index contributed by atoms with van der Waals surface area (Å²) in [5.74, 6) is 0.512. The van der Waals surface area contributed by atoms with Crippen molar-refractivity contribution in [1.29, 1.82) is 0 Å². The third-order valence-electron chi connectivity index (χ3n) is 1.77. The first-order chi connectivity index (χ1) is 7.66. The van der Waals surface area contributed by atoms with Crippen molar-refractivity contribution in [1.82, 2.24) is 30.0 Å². The first-order valence-electron chi connectivity index (χ1n) is 4.55. The first-order valence-corrected chi connectivity index (χ1v) is 5.33. The van der Waals surface area contributed by atoms with Gasteiger partial charge in [0.25, 0.3) is 5.91 Å². The van der Waals surface area contributed by atoms with Crippen molar-refractivity contribution in [3.63, 3.8) is 0 Å². The lowest BCUT2D eigenvalue weighted by Crippen LogP contribution is -2.13. The molecule has 2 heterocycles. The molecule has 84 valence electrons. The standard InChI is InChI=1S/C7H9N7OS/c1-3(2)4-8-5(11-10-4)6(15)9-7-12-13-14-16-7/h3H,1-2H3,(H,8,10,11)(H,9,12,14,15). The number of hydrogen-bond donors (Lipinski definition) is 2. The predicted octanol–water partition coefficient (Wildman–Crippen LogP) is 0.427. The summed E-state index contributed by atoms with van der Waals surface area (Å²) in [5, 5.41) is 16.3. The van der Waals surface area contributed by atoms with Crippen LogP contribution in [0.2, 0.25) is 0 Å². The molecule has 2 aromatic rings. The molecular weight excluding hydrogens is 230 g/mol. The second kappa shape index (κ2) is 4.31. The van der Waals surface area contributed by atoms with E-state index < -0.39 is 5.91 Å². The monoisotopic (exact) mass is 239 g/mol. The highest BCUT2D eigenvalue weighted by molar-refractivity contribution is 7.09. The maximum atomic E-state index is 11.6. The number of nitrogens with one attached hydrogen (secondary N) is 2. The molecule has 2 rings (SSSR count). The number of amides is 1. The highest BCUT2D eigenvalue weighted by Crippen LogP contribution is 2.09. The lowest BCUT2D eigenvalue weighted by Gasteiger charge is -1.95. The number of aromatic amines is 1. The number of hydrogen-bond acceptors (Lipinski definition) is 7. The van der Waals surface area contributed by atoms with E-state index in [1.807, 2.05) is 13.8 Å². The highest BCUT2D eigenvalue weighted by atomic mass is 32.1. The second-order valence-corrected chi connectivity index (χ2v) is 4.05. The number of nitrogens with zero attached hydrogens (tertiary/aromatic N) is 5. The van der Waals surface area contributed by atoms with E-state index in [4.69, 9.17) is 0 Å². The molecule has 2 aromatic heterocycles. The maximum Gasteiger partial charge on any atom is 0.297 e. The Kier molecular flexibility index (Phi) is 2.86. The number of H-pyrrole nitrogens is 1. The van der Waals surface area contributed by atoms with E-state index in [9.17, 15) is 4.79 Å². The van der Waals surface area contributed by atoms with Gasteiger partial charge in [0.05, 0.1) is 0 Å². The summed E-state index contributed by atoms with van der Waals surface area (Å²) in [6, 6.07) is 0. The van der Waals surface area contributed by atoms with Crippen LogP contribution in [-0.2, 0) is 0 Å². The summed E-state index contributed by atoms with van der Waals surface area (Å²) in [7, 11) is 0. The average molecular weight is 239 g/mol. The van der Waals surface area contributed by atoms with Gasteiger partial charge < -0.3 is 0 Å². The lowest BCUT2D eigenvalue weighted by atomic mass is 10.2. The van der Waals surface area contributed by atoms with E-state index in [1.54, 1.807) is 0 Å². The Labute approximate surface area is 94.7 Å². The van der Waals surface area contributed by atoms with Crippen molar-refractivity contribution in [2.75, 3.05) is 5.32 Å². The SMILES string of the molecule is CC(C)c1nc(C(=O)Nc2nnns2)n[nH]1. The van der Waals surface area contributed by atoms with Gasteiger partial charge in [-0.2, -0.15) is 0 Å². The normalized spacial score (nSPS) is 10.7. The van der Waals surface area contributed by atoms with Gasteiger partial charge in [-0.15, -0.1) is 5.10 Å². The van der Waals surface area contributed by atoms with Gasteiger partial charge in [0.2, 0.25) is 11.0 Å². The molecule has 2 N–H and O–H groups in total. The topological polar surface area (TPSA) is 109 Å². The van der Waals surface area contributed by atoms with Crippen LogP contribution in [0.3, 0.4) is 0 Å². The molecule has 0 spiro atoms. The van der Waals surface area contributed by atoms with Gasteiger partial charge in [0, 0.05) is 17.5 Å². The number of aromatic nitrogens is 6. The molecule has 0 saturated heterocycles. The number of rotatable bonds is 3. The Morgan fingerprint density at radius 2 is 2.31 bits per heavy atom. The van der Waals surface area contributed by atoms with E-state index in [1.165, 1.54) is 0 Å². The van der Waals surface area contributed by atoms with E-state index in [-0.39, 0.29) is 11.7 Å². The Bertz CT molecular complexity index is 477. The molecule has 0 aromatic carbocycles. The van der Waals surface area contributed by atoms with Crippen LogP contribution in [0, 0.1) is 0 Å². The summed E-state index contributed by atoms with van der Waals surface area (Å²) in [4.78, 5) is 15.7. The number of carbonyl (C=O) groups excluding carboxylic acids is 1. The minimum atomic E-state index is -0.429. The van der Waals surface area contributed by atoms with Crippen LogP contribution in [-0.4, -0.2) is 35.9 Å². The summed E-state index contributed by atoms with van der Waals surface area (Å²) >= 11 is 0.989. The molecule has 0 aliphatic carbocycles. The minimum Gasteiger partial charge on any atom is -0.292 e. The zero-order valence-electron chi connectivity index (χ0n) is 8.63. The zero-order valence-corrected chi connectivity index (χ0v) is 9.45. The van der Waals surface area contributed by atoms with Gasteiger partial charge in [-0.05, 0) is 5.21 Å². The molecule has 0 radical (unpaired) electrons. The van der Waals surface area contributed by atoms with Crippen LogP contribution in [0.4, 0.5) is 5.13 Å². The minimum absolute atomic E-state index is 0.0823. The van der Waals surface area contributed by atoms with Gasteiger partial charge in [-0.1, -0.05) is 23.4 Å². The molecule has 0 aliphatic rings. The van der Waals surface area contributed by atoms with E-state index in [0.29, 0.717) is 11.0 Å². The van der Waals surface area contributed by atoms with Crippen molar-refractivity contribution < 1.29 is 4.79 Å². The first kappa shape index (κ1) is 10.6. The second-order valence-electron chi connectivity index (χ2n) is 3.32. The van der Waals surface area contributed by atoms with Crippen molar-refractivity contribution in [3.8, 4) is 0 Å². The van der Waals surface area contributed by atoms with Crippen molar-refractivity contribution in [2.24, 2.45) is 0 Å². The summed E-state index contributed by atoms with van der Waals surface area (Å²) in [5.41, 5.74) is 0. The Morgan fingerprint density at radius 1 is 1.50 bits per heavy atom. The smallest absolute Gasteiger partial charge is 0.292 e. The third-order valence-corrected chi connectivity index (χ3v) is 2.28. The van der Waals surface area contributed by atoms with Crippen LogP contribution < -0.4 is 5.32 Å². The van der Waals surface area contributed by atoms with Gasteiger partial charge in [-0.3, -0.25) is 15.2 Å². The largest absolute Gasteiger partial charge is 0.297 e. The van der Waals surface area contributed by atoms with Crippen molar-refractivity contribution in [2.45, 2.75) is 19.8 Å². The molecule has 0 bridgehead atoms. The Balaban J connectivity index is 2.09. The molecule has 0 atom stereocenters. The fourth-order valence-electron chi connectivity index (χ4n) is 0.969. The van der Waals surface area contributed by atoms with Crippen molar-refractivity contribution >= 4 is 22.6 Å². The molecule has 16 heavy (non-hydrogen) atoms. The predicted molar refractivity (Wildman–Crippen MR) is 56.1 cm³/mol. The quantitative estimate of drug-likeness (QED) is 0.803. The van der Waals surface area contributed by atoms with Gasteiger partial charge >= 0.3 is 0 Å². The zero-order chi connectivity index (χ0) is 11.5. The van der Waals surface area contributed by atoms with Crippen LogP contribution in [0.15, 0.2) is 0 Å². The van der Waals surface area contributed by atoms with Crippen molar-refractivity contribution in [3.05, 3.63) is 11.6 Å². The molecule has 0 saturated carbocycles. The molecule has 0 fully saturated rings. The molecule has 9 heteroatoms. The highest BCUT2D eigenvalue weighted by Gasteiger charge is 2.15. The van der Waals surface area contributed by atoms with Gasteiger partial charge in [-0.25, -0.2) is 4.98 Å². The van der Waals surface area contributed by atoms with Crippen LogP contribution in [0.1, 0.15) is 36.2 Å². The van der Waals surface area contributed by atoms with Gasteiger partial charge in [0.15, 0.2) is 0 Å². The van der Waals surface area contributed by atoms with E-state index >= 15 is 0 Å². The Morgan fingerprint density at radius 3 is 2.88 bits per heavy atom. The van der Waals surface area contributed by atoms with Crippen LogP contribution in [0.5, 0.6) is 0 Å². The van der Waals surface area contributed by atoms with Crippen LogP contribution in [0.25, 0.3) is 0 Å². The molecule has 0 aliphatic heterocycles. The summed E-state index contributed by atoms with van der Waals surface area (Å²) < 4.78 is 3.52.